The Morgan fingerprint density at radius 1 is 1.04 bits per heavy atom. The normalized spacial score (nSPS) is 15.2. The highest BCUT2D eigenvalue weighted by Gasteiger charge is 2.37. The van der Waals surface area contributed by atoms with Gasteiger partial charge >= 0.3 is 5.97 Å². The number of unbranched alkanes of at least 4 members (excludes halogenated alkanes) is 2. The largest absolute Gasteiger partial charge is 0.507 e. The highest BCUT2D eigenvalue weighted by molar-refractivity contribution is 6.51. The van der Waals surface area contributed by atoms with Gasteiger partial charge in [0.1, 0.15) is 11.3 Å². The maximum Gasteiger partial charge on any atom is 0.342 e. The molecule has 0 heterocycles. The molecule has 0 radical (unpaired) electrons. The van der Waals surface area contributed by atoms with Crippen molar-refractivity contribution in [2.24, 2.45) is 0 Å². The van der Waals surface area contributed by atoms with Crippen LogP contribution >= 0.6 is 0 Å². The number of ether oxygens (including phenoxy) is 1. The molecule has 0 aliphatic heterocycles. The van der Waals surface area contributed by atoms with Crippen LogP contribution in [0.5, 0.6) is 0 Å². The quantitative estimate of drug-likeness (QED) is 0.185. The van der Waals surface area contributed by atoms with Gasteiger partial charge in [0, 0.05) is 5.57 Å². The van der Waals surface area contributed by atoms with Crippen LogP contribution in [0.4, 0.5) is 0 Å². The van der Waals surface area contributed by atoms with Gasteiger partial charge in [0.15, 0.2) is 0 Å². The third-order valence-corrected chi connectivity index (χ3v) is 4.74. The molecule has 1 rings (SSSR count). The van der Waals surface area contributed by atoms with E-state index in [0.717, 1.165) is 31.3 Å². The molecular formula is C23H32O5. The summed E-state index contributed by atoms with van der Waals surface area (Å²) in [6.07, 6.45) is 8.52. The van der Waals surface area contributed by atoms with Crippen LogP contribution in [0.25, 0.3) is 0 Å². The summed E-state index contributed by atoms with van der Waals surface area (Å²) in [4.78, 5) is 37.4. The van der Waals surface area contributed by atoms with Crippen LogP contribution in [0.2, 0.25) is 0 Å². The van der Waals surface area contributed by atoms with Gasteiger partial charge in [-0.2, -0.15) is 0 Å². The average molecular weight is 389 g/mol. The number of esters is 1. The Hall–Kier alpha value is -2.43. The van der Waals surface area contributed by atoms with Crippen LogP contribution in [0.1, 0.15) is 72.6 Å². The van der Waals surface area contributed by atoms with E-state index >= 15 is 0 Å². The van der Waals surface area contributed by atoms with E-state index < -0.39 is 23.3 Å². The van der Waals surface area contributed by atoms with Gasteiger partial charge in [-0.1, -0.05) is 43.1 Å². The Balaban J connectivity index is 3.17. The molecule has 28 heavy (non-hydrogen) atoms. The van der Waals surface area contributed by atoms with E-state index in [1.165, 1.54) is 12.7 Å². The average Bonchev–Trinajstić information content (AvgIpc) is 2.65. The summed E-state index contributed by atoms with van der Waals surface area (Å²) in [6.45, 7) is 8.03. The van der Waals surface area contributed by atoms with Crippen molar-refractivity contribution >= 4 is 17.5 Å². The maximum atomic E-state index is 12.6. The van der Waals surface area contributed by atoms with Gasteiger partial charge in [-0.15, -0.1) is 0 Å². The second-order valence-corrected chi connectivity index (χ2v) is 7.36. The summed E-state index contributed by atoms with van der Waals surface area (Å²) in [5, 5.41) is 10.6. The predicted octanol–water partition coefficient (Wildman–Crippen LogP) is 5.08. The van der Waals surface area contributed by atoms with Gasteiger partial charge < -0.3 is 9.84 Å². The summed E-state index contributed by atoms with van der Waals surface area (Å²) < 4.78 is 4.75. The molecule has 1 aliphatic carbocycles. The number of hydrogen-bond donors (Lipinski definition) is 1. The molecule has 0 saturated carbocycles. The summed E-state index contributed by atoms with van der Waals surface area (Å²) in [5.41, 5.74) is 2.16. The fourth-order valence-electron chi connectivity index (χ4n) is 3.06. The molecule has 0 aromatic heterocycles. The molecule has 0 amide bonds. The first kappa shape index (κ1) is 23.6. The minimum Gasteiger partial charge on any atom is -0.507 e. The van der Waals surface area contributed by atoms with Crippen LogP contribution in [0.15, 0.2) is 45.8 Å². The molecule has 0 spiro atoms. The second-order valence-electron chi connectivity index (χ2n) is 7.36. The molecule has 5 heteroatoms. The molecule has 1 aliphatic rings. The molecule has 0 atom stereocenters. The maximum absolute atomic E-state index is 12.6. The molecule has 0 saturated heterocycles. The molecule has 154 valence electrons. The van der Waals surface area contributed by atoms with Gasteiger partial charge in [-0.3, -0.25) is 9.59 Å². The monoisotopic (exact) mass is 388 g/mol. The number of hydrogen-bond acceptors (Lipinski definition) is 5. The molecule has 0 aromatic rings. The Kier molecular flexibility index (Phi) is 9.63. The number of rotatable bonds is 10. The van der Waals surface area contributed by atoms with E-state index in [4.69, 9.17) is 4.74 Å². The van der Waals surface area contributed by atoms with E-state index in [-0.39, 0.29) is 29.6 Å². The third kappa shape index (κ3) is 6.32. The zero-order valence-corrected chi connectivity index (χ0v) is 17.7. The van der Waals surface area contributed by atoms with E-state index in [0.29, 0.717) is 6.42 Å². The van der Waals surface area contributed by atoms with Crippen LogP contribution in [0.3, 0.4) is 0 Å². The van der Waals surface area contributed by atoms with Gasteiger partial charge in [0.05, 0.1) is 12.7 Å². The highest BCUT2D eigenvalue weighted by Crippen LogP contribution is 2.31. The molecule has 0 bridgehead atoms. The van der Waals surface area contributed by atoms with Crippen LogP contribution in [-0.2, 0) is 19.1 Å². The van der Waals surface area contributed by atoms with Crippen molar-refractivity contribution in [3.05, 3.63) is 45.8 Å². The van der Waals surface area contributed by atoms with Gasteiger partial charge in [-0.05, 0) is 52.9 Å². The number of methoxy groups -OCH3 is 1. The van der Waals surface area contributed by atoms with Crippen molar-refractivity contribution < 1.29 is 24.2 Å². The number of aliphatic hydroxyl groups excluding tert-OH is 1. The number of Topliss-reactive ketones (excluding diaryl/α,β-unsaturated/α-hetero) is 2. The smallest absolute Gasteiger partial charge is 0.342 e. The SMILES string of the molecule is CCCCCC1=C(C(=O)OC)C(O)=C(C/C=C(\C)CCC=C(C)C)C(=O)C1=O. The van der Waals surface area contributed by atoms with Crippen molar-refractivity contribution in [2.45, 2.75) is 72.6 Å². The first-order chi connectivity index (χ1) is 13.2. The number of allylic oxidation sites excluding steroid dienone is 6. The topological polar surface area (TPSA) is 80.7 Å². The Morgan fingerprint density at radius 3 is 2.25 bits per heavy atom. The highest BCUT2D eigenvalue weighted by atomic mass is 16.5. The van der Waals surface area contributed by atoms with Crippen molar-refractivity contribution in [1.82, 2.24) is 0 Å². The number of aliphatic hydroxyl groups is 1. The predicted molar refractivity (Wildman–Crippen MR) is 110 cm³/mol. The van der Waals surface area contributed by atoms with E-state index in [1.54, 1.807) is 0 Å². The Bertz CT molecular complexity index is 743. The minimum atomic E-state index is -0.786. The zero-order chi connectivity index (χ0) is 21.3. The minimum absolute atomic E-state index is 0.0359. The molecule has 1 N–H and O–H groups in total. The van der Waals surface area contributed by atoms with Crippen molar-refractivity contribution in [1.29, 1.82) is 0 Å². The lowest BCUT2D eigenvalue weighted by molar-refractivity contribution is -0.137. The summed E-state index contributed by atoms with van der Waals surface area (Å²) >= 11 is 0. The number of carbonyl (C=O) groups excluding carboxylic acids is 3. The number of carbonyl (C=O) groups is 3. The first-order valence-corrected chi connectivity index (χ1v) is 9.86. The van der Waals surface area contributed by atoms with Crippen molar-refractivity contribution in [2.75, 3.05) is 7.11 Å². The Morgan fingerprint density at radius 2 is 1.68 bits per heavy atom. The fourth-order valence-corrected chi connectivity index (χ4v) is 3.06. The summed E-state index contributed by atoms with van der Waals surface area (Å²) in [5.74, 6) is -2.65. The summed E-state index contributed by atoms with van der Waals surface area (Å²) in [6, 6.07) is 0. The molecular weight excluding hydrogens is 356 g/mol. The van der Waals surface area contributed by atoms with Gasteiger partial charge in [0.25, 0.3) is 0 Å². The molecule has 0 aromatic carbocycles. The van der Waals surface area contributed by atoms with E-state index in [1.807, 2.05) is 33.8 Å². The van der Waals surface area contributed by atoms with Crippen LogP contribution in [-0.4, -0.2) is 29.8 Å². The third-order valence-electron chi connectivity index (χ3n) is 4.74. The molecule has 0 fully saturated rings. The molecule has 0 unspecified atom stereocenters. The van der Waals surface area contributed by atoms with Crippen LogP contribution in [0, 0.1) is 0 Å². The number of ketones is 2. The van der Waals surface area contributed by atoms with E-state index in [2.05, 4.69) is 6.08 Å². The van der Waals surface area contributed by atoms with Gasteiger partial charge in [0.2, 0.25) is 11.6 Å². The Labute approximate surface area is 167 Å². The van der Waals surface area contributed by atoms with Crippen molar-refractivity contribution in [3.8, 4) is 0 Å². The van der Waals surface area contributed by atoms with Gasteiger partial charge in [-0.25, -0.2) is 4.79 Å². The second kappa shape index (κ2) is 11.4. The molecule has 5 nitrogen and oxygen atoms in total. The lowest BCUT2D eigenvalue weighted by atomic mass is 9.84. The van der Waals surface area contributed by atoms with Crippen LogP contribution < -0.4 is 0 Å². The first-order valence-electron chi connectivity index (χ1n) is 9.86. The fraction of sp³-hybridized carbons (Fsp3) is 0.522. The summed E-state index contributed by atoms with van der Waals surface area (Å²) in [7, 11) is 1.19. The lowest BCUT2D eigenvalue weighted by Gasteiger charge is -2.19. The zero-order valence-electron chi connectivity index (χ0n) is 17.7. The standard InChI is InChI=1S/C23H32O5/c1-6-7-8-12-17-19(23(27)28-5)20(24)18(22(26)21(17)25)14-13-16(4)11-9-10-15(2)3/h10,13,24H,6-9,11-12,14H2,1-5H3/b16-13+. The van der Waals surface area contributed by atoms with Crippen molar-refractivity contribution in [3.63, 3.8) is 0 Å². The van der Waals surface area contributed by atoms with E-state index in [9.17, 15) is 19.5 Å². The lowest BCUT2D eigenvalue weighted by Crippen LogP contribution is -2.29.